The molecule has 0 saturated heterocycles. The van der Waals surface area contributed by atoms with Gasteiger partial charge in [0.2, 0.25) is 5.95 Å². The average Bonchev–Trinajstić information content (AvgIpc) is 2.84. The van der Waals surface area contributed by atoms with Crippen LogP contribution in [0, 0.1) is 0 Å². The highest BCUT2D eigenvalue weighted by molar-refractivity contribution is 5.43. The fourth-order valence-electron chi connectivity index (χ4n) is 1.90. The van der Waals surface area contributed by atoms with Crippen LogP contribution in [0.5, 0.6) is 0 Å². The number of nitrogens with zero attached hydrogens (tertiary/aromatic N) is 2. The molecule has 2 aromatic rings. The number of nitrogens with one attached hydrogen (secondary N) is 1. The molecular weight excluding hydrogens is 222 g/mol. The maximum Gasteiger partial charge on any atom is 0.207 e. The third kappa shape index (κ3) is 2.73. The lowest BCUT2D eigenvalue weighted by molar-refractivity contribution is 0.864. The van der Waals surface area contributed by atoms with Gasteiger partial charge in [-0.2, -0.15) is 0 Å². The van der Waals surface area contributed by atoms with Crippen molar-refractivity contribution in [2.75, 3.05) is 11.9 Å². The van der Waals surface area contributed by atoms with Crippen LogP contribution in [-0.2, 0) is 0 Å². The van der Waals surface area contributed by atoms with Crippen molar-refractivity contribution in [2.45, 2.75) is 33.1 Å². The smallest absolute Gasteiger partial charge is 0.207 e. The number of benzene rings is 1. The Kier molecular flexibility index (Phi) is 4.03. The van der Waals surface area contributed by atoms with Crippen LogP contribution in [-0.4, -0.2) is 16.1 Å². The molecule has 0 saturated carbocycles. The van der Waals surface area contributed by atoms with E-state index < -0.39 is 0 Å². The molecule has 3 nitrogen and oxygen atoms in total. The number of hydrogen-bond acceptors (Lipinski definition) is 2. The van der Waals surface area contributed by atoms with Crippen molar-refractivity contribution in [1.82, 2.24) is 9.55 Å². The zero-order valence-electron chi connectivity index (χ0n) is 11.4. The quantitative estimate of drug-likeness (QED) is 0.865. The highest BCUT2D eigenvalue weighted by Crippen LogP contribution is 2.19. The third-order valence-electron chi connectivity index (χ3n) is 3.01. The maximum atomic E-state index is 4.34. The van der Waals surface area contributed by atoms with Crippen molar-refractivity contribution in [3.05, 3.63) is 42.2 Å². The maximum absolute atomic E-state index is 4.34. The van der Waals surface area contributed by atoms with Crippen LogP contribution in [0.3, 0.4) is 0 Å². The summed E-state index contributed by atoms with van der Waals surface area (Å²) in [5.74, 6) is 1.48. The summed E-state index contributed by atoms with van der Waals surface area (Å²) in [5, 5.41) is 3.33. The molecule has 0 atom stereocenters. The van der Waals surface area contributed by atoms with Gasteiger partial charge < -0.3 is 5.32 Å². The van der Waals surface area contributed by atoms with E-state index in [1.54, 1.807) is 0 Å². The minimum absolute atomic E-state index is 0.569. The van der Waals surface area contributed by atoms with Gasteiger partial charge in [0.1, 0.15) is 0 Å². The number of rotatable bonds is 5. The molecular formula is C15H21N3. The fourth-order valence-corrected chi connectivity index (χ4v) is 1.90. The third-order valence-corrected chi connectivity index (χ3v) is 3.01. The molecule has 96 valence electrons. The fraction of sp³-hybridized carbons (Fsp3) is 0.400. The summed E-state index contributed by atoms with van der Waals surface area (Å²) in [4.78, 5) is 4.34. The lowest BCUT2D eigenvalue weighted by Gasteiger charge is -2.11. The molecule has 0 bridgehead atoms. The van der Waals surface area contributed by atoms with E-state index in [9.17, 15) is 0 Å². The largest absolute Gasteiger partial charge is 0.355 e. The van der Waals surface area contributed by atoms with E-state index in [0.717, 1.165) is 24.6 Å². The van der Waals surface area contributed by atoms with Gasteiger partial charge in [-0.1, -0.05) is 32.9 Å². The van der Waals surface area contributed by atoms with Crippen LogP contribution in [0.1, 0.15) is 38.7 Å². The lowest BCUT2D eigenvalue weighted by Crippen LogP contribution is -2.06. The Morgan fingerprint density at radius 2 is 1.94 bits per heavy atom. The molecule has 2 rings (SSSR count). The number of hydrogen-bond donors (Lipinski definition) is 1. The van der Waals surface area contributed by atoms with Gasteiger partial charge in [-0.15, -0.1) is 0 Å². The van der Waals surface area contributed by atoms with Gasteiger partial charge in [0, 0.05) is 24.6 Å². The Balaban J connectivity index is 2.23. The molecule has 0 aliphatic carbocycles. The summed E-state index contributed by atoms with van der Waals surface area (Å²) in [7, 11) is 0. The molecule has 0 radical (unpaired) electrons. The first-order valence-electron chi connectivity index (χ1n) is 6.60. The molecule has 0 spiro atoms. The van der Waals surface area contributed by atoms with Crippen LogP contribution >= 0.6 is 0 Å². The highest BCUT2D eigenvalue weighted by Gasteiger charge is 2.04. The minimum Gasteiger partial charge on any atom is -0.355 e. The lowest BCUT2D eigenvalue weighted by atomic mass is 10.0. The molecule has 0 aliphatic rings. The molecule has 18 heavy (non-hydrogen) atoms. The molecule has 0 amide bonds. The Morgan fingerprint density at radius 3 is 2.56 bits per heavy atom. The summed E-state index contributed by atoms with van der Waals surface area (Å²) in [5.41, 5.74) is 2.51. The van der Waals surface area contributed by atoms with Crippen LogP contribution in [0.2, 0.25) is 0 Å². The van der Waals surface area contributed by atoms with Crippen molar-refractivity contribution in [3.63, 3.8) is 0 Å². The van der Waals surface area contributed by atoms with E-state index >= 15 is 0 Å². The van der Waals surface area contributed by atoms with E-state index in [4.69, 9.17) is 0 Å². The molecule has 0 aliphatic heterocycles. The SMILES string of the molecule is CCCNc1nccn1-c1ccc(C(C)C)cc1. The van der Waals surface area contributed by atoms with Crippen LogP contribution in [0.4, 0.5) is 5.95 Å². The van der Waals surface area contributed by atoms with Crippen molar-refractivity contribution in [1.29, 1.82) is 0 Å². The molecule has 0 unspecified atom stereocenters. The molecule has 0 fully saturated rings. The standard InChI is InChI=1S/C15H21N3/c1-4-9-16-15-17-10-11-18(15)14-7-5-13(6-8-14)12(2)3/h5-8,10-12H,4,9H2,1-3H3,(H,16,17). The van der Waals surface area contributed by atoms with Gasteiger partial charge in [-0.3, -0.25) is 4.57 Å². The Labute approximate surface area is 109 Å². The Morgan fingerprint density at radius 1 is 1.22 bits per heavy atom. The van der Waals surface area contributed by atoms with E-state index in [1.165, 1.54) is 5.56 Å². The van der Waals surface area contributed by atoms with Gasteiger partial charge >= 0.3 is 0 Å². The second-order valence-electron chi connectivity index (χ2n) is 4.79. The summed E-state index contributed by atoms with van der Waals surface area (Å²) < 4.78 is 2.08. The van der Waals surface area contributed by atoms with Crippen LogP contribution in [0.25, 0.3) is 5.69 Å². The summed E-state index contributed by atoms with van der Waals surface area (Å²) in [6.45, 7) is 7.51. The van der Waals surface area contributed by atoms with Crippen molar-refractivity contribution in [3.8, 4) is 5.69 Å². The monoisotopic (exact) mass is 243 g/mol. The van der Waals surface area contributed by atoms with Gasteiger partial charge in [0.25, 0.3) is 0 Å². The Bertz CT molecular complexity index is 483. The van der Waals surface area contributed by atoms with Crippen molar-refractivity contribution >= 4 is 5.95 Å². The average molecular weight is 243 g/mol. The minimum atomic E-state index is 0.569. The second-order valence-corrected chi connectivity index (χ2v) is 4.79. The van der Waals surface area contributed by atoms with Crippen molar-refractivity contribution < 1.29 is 0 Å². The van der Waals surface area contributed by atoms with Crippen LogP contribution < -0.4 is 5.32 Å². The Hall–Kier alpha value is -1.77. The normalized spacial score (nSPS) is 10.9. The van der Waals surface area contributed by atoms with Gasteiger partial charge in [-0.05, 0) is 30.0 Å². The predicted molar refractivity (Wildman–Crippen MR) is 76.4 cm³/mol. The summed E-state index contributed by atoms with van der Waals surface area (Å²) in [6.07, 6.45) is 4.91. The first-order valence-corrected chi connectivity index (χ1v) is 6.60. The number of imidazole rings is 1. The second kappa shape index (κ2) is 5.71. The van der Waals surface area contributed by atoms with Crippen molar-refractivity contribution in [2.24, 2.45) is 0 Å². The van der Waals surface area contributed by atoms with Gasteiger partial charge in [0.05, 0.1) is 0 Å². The van der Waals surface area contributed by atoms with Gasteiger partial charge in [-0.25, -0.2) is 4.98 Å². The summed E-state index contributed by atoms with van der Waals surface area (Å²) >= 11 is 0. The number of anilines is 1. The van der Waals surface area contributed by atoms with E-state index in [-0.39, 0.29) is 0 Å². The van der Waals surface area contributed by atoms with Gasteiger partial charge in [0.15, 0.2) is 0 Å². The molecule has 1 N–H and O–H groups in total. The van der Waals surface area contributed by atoms with E-state index in [1.807, 2.05) is 12.4 Å². The van der Waals surface area contributed by atoms with E-state index in [0.29, 0.717) is 5.92 Å². The zero-order chi connectivity index (χ0) is 13.0. The molecule has 1 aromatic carbocycles. The molecule has 1 heterocycles. The van der Waals surface area contributed by atoms with Crippen LogP contribution in [0.15, 0.2) is 36.7 Å². The first-order chi connectivity index (χ1) is 8.72. The molecule has 3 heteroatoms. The first kappa shape index (κ1) is 12.7. The topological polar surface area (TPSA) is 29.9 Å². The predicted octanol–water partition coefficient (Wildman–Crippen LogP) is 3.82. The zero-order valence-corrected chi connectivity index (χ0v) is 11.4. The number of aromatic nitrogens is 2. The molecule has 1 aromatic heterocycles. The summed E-state index contributed by atoms with van der Waals surface area (Å²) in [6, 6.07) is 8.66. The highest BCUT2D eigenvalue weighted by atomic mass is 15.2. The van der Waals surface area contributed by atoms with E-state index in [2.05, 4.69) is 59.9 Å².